The number of carbonyl (C=O) groups excluding carboxylic acids is 1. The zero-order valence-corrected chi connectivity index (χ0v) is 10.4. The molecule has 0 heterocycles. The number of carbonyl (C=O) groups is 1. The van der Waals surface area contributed by atoms with Gasteiger partial charge in [-0.15, -0.1) is 0 Å². The Bertz CT molecular complexity index is 371. The maximum absolute atomic E-state index is 12.5. The van der Waals surface area contributed by atoms with Gasteiger partial charge >= 0.3 is 0 Å². The van der Waals surface area contributed by atoms with Gasteiger partial charge in [-0.1, -0.05) is 19.9 Å². The smallest absolute Gasteiger partial charge is 0.139 e. The van der Waals surface area contributed by atoms with Crippen molar-refractivity contribution in [2.75, 3.05) is 5.73 Å². The van der Waals surface area contributed by atoms with Crippen LogP contribution in [0, 0.1) is 24.6 Å². The normalized spacial score (nSPS) is 21.6. The summed E-state index contributed by atoms with van der Waals surface area (Å²) in [4.78, 5) is 10.2. The molecule has 2 rings (SSSR count). The Morgan fingerprint density at radius 1 is 1.25 bits per heavy atom. The SMILES string of the molecule is CC1C(=O)C1C.Cc1ccc(N)cc1F.[Cl-]. The molecule has 0 aromatic heterocycles. The van der Waals surface area contributed by atoms with E-state index in [1.54, 1.807) is 19.1 Å². The number of ketones is 1. The monoisotopic (exact) mass is 244 g/mol. The zero-order valence-electron chi connectivity index (χ0n) is 9.63. The van der Waals surface area contributed by atoms with E-state index in [9.17, 15) is 9.18 Å². The predicted molar refractivity (Wildman–Crippen MR) is 58.9 cm³/mol. The van der Waals surface area contributed by atoms with E-state index < -0.39 is 0 Å². The Balaban J connectivity index is 0.000000283. The van der Waals surface area contributed by atoms with Crippen LogP contribution in [0.5, 0.6) is 0 Å². The fourth-order valence-corrected chi connectivity index (χ4v) is 1.14. The lowest BCUT2D eigenvalue weighted by atomic mass is 10.2. The van der Waals surface area contributed by atoms with Gasteiger partial charge in [0.15, 0.2) is 0 Å². The number of aryl methyl sites for hydroxylation is 1. The average molecular weight is 245 g/mol. The van der Waals surface area contributed by atoms with Crippen LogP contribution < -0.4 is 18.1 Å². The van der Waals surface area contributed by atoms with Crippen molar-refractivity contribution >= 4 is 11.5 Å². The highest BCUT2D eigenvalue weighted by atomic mass is 35.5. The van der Waals surface area contributed by atoms with Gasteiger partial charge in [-0.05, 0) is 24.6 Å². The molecule has 1 saturated carbocycles. The van der Waals surface area contributed by atoms with E-state index >= 15 is 0 Å². The molecule has 16 heavy (non-hydrogen) atoms. The van der Waals surface area contributed by atoms with E-state index in [2.05, 4.69) is 0 Å². The fourth-order valence-electron chi connectivity index (χ4n) is 1.14. The van der Waals surface area contributed by atoms with Crippen molar-refractivity contribution in [3.8, 4) is 0 Å². The van der Waals surface area contributed by atoms with Crippen LogP contribution in [0.25, 0.3) is 0 Å². The quantitative estimate of drug-likeness (QED) is 0.629. The topological polar surface area (TPSA) is 43.1 Å². The largest absolute Gasteiger partial charge is 1.00 e. The number of benzene rings is 1. The van der Waals surface area contributed by atoms with Crippen LogP contribution in [0.3, 0.4) is 0 Å². The predicted octanol–water partition coefficient (Wildman–Crippen LogP) is -0.438. The van der Waals surface area contributed by atoms with Gasteiger partial charge in [0, 0.05) is 17.5 Å². The lowest BCUT2D eigenvalue weighted by Crippen LogP contribution is -3.00. The highest BCUT2D eigenvalue weighted by Gasteiger charge is 2.40. The van der Waals surface area contributed by atoms with E-state index in [4.69, 9.17) is 5.73 Å². The summed E-state index contributed by atoms with van der Waals surface area (Å²) < 4.78 is 12.5. The van der Waals surface area contributed by atoms with Crippen molar-refractivity contribution in [1.82, 2.24) is 0 Å². The highest BCUT2D eigenvalue weighted by molar-refractivity contribution is 5.98. The molecular weight excluding hydrogens is 229 g/mol. The van der Waals surface area contributed by atoms with Crippen molar-refractivity contribution in [2.45, 2.75) is 20.8 Å². The zero-order chi connectivity index (χ0) is 11.6. The third-order valence-electron chi connectivity index (χ3n) is 2.73. The first-order valence-corrected chi connectivity index (χ1v) is 4.99. The van der Waals surface area contributed by atoms with Gasteiger partial charge in [-0.3, -0.25) is 4.79 Å². The maximum atomic E-state index is 12.5. The molecule has 2 atom stereocenters. The molecule has 0 spiro atoms. The minimum absolute atomic E-state index is 0. The van der Waals surface area contributed by atoms with E-state index in [-0.39, 0.29) is 18.2 Å². The molecule has 1 aliphatic carbocycles. The number of anilines is 1. The Kier molecular flexibility index (Phi) is 5.45. The van der Waals surface area contributed by atoms with Crippen LogP contribution in [0.4, 0.5) is 10.1 Å². The van der Waals surface area contributed by atoms with Crippen LogP contribution in [-0.2, 0) is 4.79 Å². The van der Waals surface area contributed by atoms with E-state index in [0.29, 0.717) is 28.9 Å². The summed E-state index contributed by atoms with van der Waals surface area (Å²) in [7, 11) is 0. The maximum Gasteiger partial charge on any atom is 0.139 e. The summed E-state index contributed by atoms with van der Waals surface area (Å²) in [6, 6.07) is 4.65. The third-order valence-corrected chi connectivity index (χ3v) is 2.73. The molecule has 0 bridgehead atoms. The van der Waals surface area contributed by atoms with Gasteiger partial charge in [0.2, 0.25) is 0 Å². The number of rotatable bonds is 0. The standard InChI is InChI=1S/C7H8FN.C5H8O.ClH/c1-5-2-3-6(9)4-7(5)8;1-3-4(2)5(3)6;/h2-4H,9H2,1H3;3-4H,1-2H3;1H/p-1. The molecule has 1 fully saturated rings. The Morgan fingerprint density at radius 3 is 1.94 bits per heavy atom. The molecule has 4 heteroatoms. The number of nitrogens with two attached hydrogens (primary N) is 1. The summed E-state index contributed by atoms with van der Waals surface area (Å²) in [5, 5.41) is 0. The minimum atomic E-state index is -0.241. The molecule has 1 aliphatic rings. The van der Waals surface area contributed by atoms with Crippen LogP contribution in [0.15, 0.2) is 18.2 Å². The first-order chi connectivity index (χ1) is 6.93. The van der Waals surface area contributed by atoms with Crippen molar-refractivity contribution in [2.24, 2.45) is 11.8 Å². The molecule has 2 unspecified atom stereocenters. The molecule has 1 aromatic carbocycles. The van der Waals surface area contributed by atoms with Gasteiger partial charge in [-0.2, -0.15) is 0 Å². The number of hydrogen-bond donors (Lipinski definition) is 1. The molecule has 0 saturated heterocycles. The second-order valence-electron chi connectivity index (χ2n) is 3.99. The average Bonchev–Trinajstić information content (AvgIpc) is 2.70. The number of Topliss-reactive ketones (excluding diaryl/α,β-unsaturated/α-hetero) is 1. The van der Waals surface area contributed by atoms with Crippen molar-refractivity contribution in [3.63, 3.8) is 0 Å². The van der Waals surface area contributed by atoms with E-state index in [1.165, 1.54) is 6.07 Å². The second-order valence-corrected chi connectivity index (χ2v) is 3.99. The van der Waals surface area contributed by atoms with Crippen molar-refractivity contribution in [3.05, 3.63) is 29.6 Å². The van der Waals surface area contributed by atoms with Gasteiger partial charge in [0.1, 0.15) is 11.6 Å². The highest BCUT2D eigenvalue weighted by Crippen LogP contribution is 2.31. The number of halogens is 2. The van der Waals surface area contributed by atoms with E-state index in [0.717, 1.165) is 0 Å². The molecule has 0 aliphatic heterocycles. The lowest BCUT2D eigenvalue weighted by Gasteiger charge is -1.94. The molecule has 2 N–H and O–H groups in total. The van der Waals surface area contributed by atoms with Crippen molar-refractivity contribution in [1.29, 1.82) is 0 Å². The van der Waals surface area contributed by atoms with E-state index in [1.807, 2.05) is 13.8 Å². The van der Waals surface area contributed by atoms with Gasteiger partial charge in [-0.25, -0.2) is 4.39 Å². The fraction of sp³-hybridized carbons (Fsp3) is 0.417. The van der Waals surface area contributed by atoms with Crippen LogP contribution in [0.2, 0.25) is 0 Å². The molecule has 0 radical (unpaired) electrons. The number of hydrogen-bond acceptors (Lipinski definition) is 2. The summed E-state index contributed by atoms with van der Waals surface area (Å²) in [6.07, 6.45) is 0. The summed E-state index contributed by atoms with van der Waals surface area (Å²) in [5.74, 6) is 0.944. The van der Waals surface area contributed by atoms with Crippen LogP contribution in [-0.4, -0.2) is 5.78 Å². The van der Waals surface area contributed by atoms with Crippen molar-refractivity contribution < 1.29 is 21.6 Å². The molecule has 2 nitrogen and oxygen atoms in total. The Morgan fingerprint density at radius 2 is 1.69 bits per heavy atom. The Hall–Kier alpha value is -1.09. The summed E-state index contributed by atoms with van der Waals surface area (Å²) >= 11 is 0. The van der Waals surface area contributed by atoms with Crippen LogP contribution in [0.1, 0.15) is 19.4 Å². The number of nitrogen functional groups attached to an aromatic ring is 1. The van der Waals surface area contributed by atoms with Gasteiger partial charge < -0.3 is 18.1 Å². The molecule has 1 aromatic rings. The molecular formula is C12H16ClFNO-. The summed E-state index contributed by atoms with van der Waals surface area (Å²) in [6.45, 7) is 5.63. The third kappa shape index (κ3) is 3.81. The minimum Gasteiger partial charge on any atom is -1.00 e. The van der Waals surface area contributed by atoms with Gasteiger partial charge in [0.25, 0.3) is 0 Å². The first kappa shape index (κ1) is 14.9. The molecule has 0 amide bonds. The first-order valence-electron chi connectivity index (χ1n) is 4.99. The Labute approximate surface area is 101 Å². The second kappa shape index (κ2) is 5.85. The van der Waals surface area contributed by atoms with Gasteiger partial charge in [0.05, 0.1) is 0 Å². The van der Waals surface area contributed by atoms with Crippen LogP contribution >= 0.6 is 0 Å². The lowest BCUT2D eigenvalue weighted by molar-refractivity contribution is -0.111. The molecule has 90 valence electrons. The summed E-state index contributed by atoms with van der Waals surface area (Å²) in [5.41, 5.74) is 6.39.